The van der Waals surface area contributed by atoms with Crippen LogP contribution in [0, 0.1) is 24.2 Å². The predicted molar refractivity (Wildman–Crippen MR) is 77.8 cm³/mol. The van der Waals surface area contributed by atoms with Crippen LogP contribution in [0.5, 0.6) is 0 Å². The van der Waals surface area contributed by atoms with Crippen LogP contribution in [0.25, 0.3) is 0 Å². The van der Waals surface area contributed by atoms with Crippen molar-refractivity contribution in [3.63, 3.8) is 0 Å². The van der Waals surface area contributed by atoms with Gasteiger partial charge in [0, 0.05) is 25.0 Å². The Balaban J connectivity index is 3.02. The van der Waals surface area contributed by atoms with Gasteiger partial charge in [0.15, 0.2) is 0 Å². The highest BCUT2D eigenvalue weighted by Crippen LogP contribution is 2.17. The number of aryl methyl sites for hydroxylation is 1. The fourth-order valence-corrected chi connectivity index (χ4v) is 1.92. The number of aromatic nitrogens is 1. The number of hydrogen-bond donors (Lipinski definition) is 2. The zero-order valence-corrected chi connectivity index (χ0v) is 12.2. The fourth-order valence-electron chi connectivity index (χ4n) is 1.92. The first-order valence-electron chi connectivity index (χ1n) is 6.59. The van der Waals surface area contributed by atoms with Gasteiger partial charge in [0.25, 0.3) is 5.91 Å². The zero-order chi connectivity index (χ0) is 15.1. The van der Waals surface area contributed by atoms with Crippen molar-refractivity contribution < 1.29 is 4.79 Å². The van der Waals surface area contributed by atoms with Gasteiger partial charge in [0.05, 0.1) is 23.7 Å². The highest BCUT2D eigenvalue weighted by Gasteiger charge is 2.20. The van der Waals surface area contributed by atoms with Crippen molar-refractivity contribution in [2.24, 2.45) is 11.8 Å². The number of nitrogen functional groups attached to an aromatic ring is 1. The quantitative estimate of drug-likeness (QED) is 0.608. The Bertz CT molecular complexity index is 507. The molecule has 6 heteroatoms. The first kappa shape index (κ1) is 15.9. The smallest absolute Gasteiger partial charge is 0.257 e. The summed E-state index contributed by atoms with van der Waals surface area (Å²) in [5, 5.41) is 8.71. The Kier molecular flexibility index (Phi) is 5.94. The van der Waals surface area contributed by atoms with Crippen LogP contribution in [0.4, 0.5) is 5.69 Å². The average molecular weight is 275 g/mol. The number of hydrogen-bond acceptors (Lipinski definition) is 5. The van der Waals surface area contributed by atoms with Gasteiger partial charge < -0.3 is 10.3 Å². The number of hydrazine groups is 1. The normalized spacial score (nSPS) is 10.2. The summed E-state index contributed by atoms with van der Waals surface area (Å²) in [5.41, 5.74) is 4.29. The molecular formula is C14H21N5O. The van der Waals surface area contributed by atoms with Gasteiger partial charge in [-0.15, -0.1) is 0 Å². The maximum atomic E-state index is 12.6. The maximum absolute atomic E-state index is 12.6. The van der Waals surface area contributed by atoms with Crippen LogP contribution in [-0.2, 0) is 0 Å². The molecule has 0 saturated carbocycles. The number of carbonyl (C=O) groups is 1. The maximum Gasteiger partial charge on any atom is 0.257 e. The van der Waals surface area contributed by atoms with Gasteiger partial charge in [-0.05, 0) is 18.9 Å². The SMILES string of the molecule is Cc1cc(NN)c(C(=O)N(CCC#N)CC(C)C)cn1. The summed E-state index contributed by atoms with van der Waals surface area (Å²) in [6.07, 6.45) is 1.83. The second-order valence-corrected chi connectivity index (χ2v) is 5.07. The average Bonchev–Trinajstić information content (AvgIpc) is 2.42. The third kappa shape index (κ3) is 4.21. The van der Waals surface area contributed by atoms with E-state index in [9.17, 15) is 4.79 Å². The van der Waals surface area contributed by atoms with Crippen molar-refractivity contribution in [2.45, 2.75) is 27.2 Å². The summed E-state index contributed by atoms with van der Waals surface area (Å²) in [5.74, 6) is 5.62. The minimum absolute atomic E-state index is 0.158. The lowest BCUT2D eigenvalue weighted by Gasteiger charge is -2.24. The predicted octanol–water partition coefficient (Wildman–Crippen LogP) is 1.69. The van der Waals surface area contributed by atoms with Gasteiger partial charge in [-0.25, -0.2) is 0 Å². The summed E-state index contributed by atoms with van der Waals surface area (Å²) >= 11 is 0. The van der Waals surface area contributed by atoms with Gasteiger partial charge in [-0.1, -0.05) is 13.8 Å². The van der Waals surface area contributed by atoms with Crippen molar-refractivity contribution in [1.82, 2.24) is 9.88 Å². The molecule has 0 aliphatic rings. The van der Waals surface area contributed by atoms with Crippen LogP contribution in [0.3, 0.4) is 0 Å². The molecule has 3 N–H and O–H groups in total. The highest BCUT2D eigenvalue weighted by molar-refractivity contribution is 5.99. The number of nitrogens with one attached hydrogen (secondary N) is 1. The van der Waals surface area contributed by atoms with Gasteiger partial charge in [-0.2, -0.15) is 5.26 Å². The minimum Gasteiger partial charge on any atom is -0.337 e. The lowest BCUT2D eigenvalue weighted by molar-refractivity contribution is 0.0740. The molecule has 1 aromatic rings. The molecule has 0 atom stereocenters. The molecule has 6 nitrogen and oxygen atoms in total. The summed E-state index contributed by atoms with van der Waals surface area (Å²) in [6, 6.07) is 3.79. The highest BCUT2D eigenvalue weighted by atomic mass is 16.2. The monoisotopic (exact) mass is 275 g/mol. The molecule has 0 aliphatic carbocycles. The second kappa shape index (κ2) is 7.46. The van der Waals surface area contributed by atoms with Gasteiger partial charge >= 0.3 is 0 Å². The molecule has 1 aromatic heterocycles. The third-order valence-electron chi connectivity index (χ3n) is 2.79. The number of anilines is 1. The van der Waals surface area contributed by atoms with E-state index in [1.54, 1.807) is 11.0 Å². The van der Waals surface area contributed by atoms with E-state index in [2.05, 4.69) is 16.5 Å². The molecular weight excluding hydrogens is 254 g/mol. The van der Waals surface area contributed by atoms with E-state index in [1.165, 1.54) is 6.20 Å². The Morgan fingerprint density at radius 2 is 2.30 bits per heavy atom. The molecule has 0 aromatic carbocycles. The lowest BCUT2D eigenvalue weighted by atomic mass is 10.1. The number of pyridine rings is 1. The molecule has 0 fully saturated rings. The molecule has 1 rings (SSSR count). The Morgan fingerprint density at radius 1 is 1.60 bits per heavy atom. The molecule has 0 spiro atoms. The zero-order valence-electron chi connectivity index (χ0n) is 12.2. The van der Waals surface area contributed by atoms with Crippen molar-refractivity contribution in [3.8, 4) is 6.07 Å². The van der Waals surface area contributed by atoms with Crippen molar-refractivity contribution in [2.75, 3.05) is 18.5 Å². The van der Waals surface area contributed by atoms with E-state index in [4.69, 9.17) is 11.1 Å². The van der Waals surface area contributed by atoms with E-state index in [0.717, 1.165) is 5.69 Å². The molecule has 108 valence electrons. The van der Waals surface area contributed by atoms with E-state index >= 15 is 0 Å². The summed E-state index contributed by atoms with van der Waals surface area (Å²) in [6.45, 7) is 6.89. The van der Waals surface area contributed by atoms with Crippen molar-refractivity contribution in [1.29, 1.82) is 5.26 Å². The number of carbonyl (C=O) groups excluding carboxylic acids is 1. The fraction of sp³-hybridized carbons (Fsp3) is 0.500. The molecule has 0 saturated heterocycles. The Labute approximate surface area is 119 Å². The van der Waals surface area contributed by atoms with Crippen LogP contribution in [0.15, 0.2) is 12.3 Å². The number of nitrogens with two attached hydrogens (primary N) is 1. The van der Waals surface area contributed by atoms with Crippen LogP contribution >= 0.6 is 0 Å². The number of nitrogens with zero attached hydrogens (tertiary/aromatic N) is 3. The largest absolute Gasteiger partial charge is 0.337 e. The van der Waals surface area contributed by atoms with Gasteiger partial charge in [0.2, 0.25) is 0 Å². The number of amides is 1. The van der Waals surface area contributed by atoms with Crippen molar-refractivity contribution >= 4 is 11.6 Å². The first-order valence-corrected chi connectivity index (χ1v) is 6.59. The van der Waals surface area contributed by atoms with Crippen LogP contribution < -0.4 is 11.3 Å². The number of nitriles is 1. The van der Waals surface area contributed by atoms with E-state index in [0.29, 0.717) is 36.7 Å². The van der Waals surface area contributed by atoms with Crippen molar-refractivity contribution in [3.05, 3.63) is 23.5 Å². The number of rotatable bonds is 6. The summed E-state index contributed by atoms with van der Waals surface area (Å²) in [4.78, 5) is 18.4. The molecule has 20 heavy (non-hydrogen) atoms. The standard InChI is InChI=1S/C14H21N5O/c1-10(2)9-19(6-4-5-15)14(20)12-8-17-11(3)7-13(12)18-16/h7-8,10H,4,6,9,16H2,1-3H3,(H,17,18). The van der Waals surface area contributed by atoms with Crippen LogP contribution in [-0.4, -0.2) is 28.9 Å². The van der Waals surface area contributed by atoms with Gasteiger partial charge in [-0.3, -0.25) is 15.6 Å². The minimum atomic E-state index is -0.158. The first-order chi connectivity index (χ1) is 9.49. The molecule has 0 aliphatic heterocycles. The molecule has 1 amide bonds. The topological polar surface area (TPSA) is 95.0 Å². The second-order valence-electron chi connectivity index (χ2n) is 5.07. The Morgan fingerprint density at radius 3 is 2.85 bits per heavy atom. The molecule has 0 bridgehead atoms. The molecule has 0 unspecified atom stereocenters. The molecule has 0 radical (unpaired) electrons. The third-order valence-corrected chi connectivity index (χ3v) is 2.79. The lowest BCUT2D eigenvalue weighted by Crippen LogP contribution is -2.35. The Hall–Kier alpha value is -2.13. The molecule has 1 heterocycles. The van der Waals surface area contributed by atoms with Crippen LogP contribution in [0.1, 0.15) is 36.3 Å². The van der Waals surface area contributed by atoms with Gasteiger partial charge in [0.1, 0.15) is 0 Å². The van der Waals surface area contributed by atoms with E-state index < -0.39 is 0 Å². The summed E-state index contributed by atoms with van der Waals surface area (Å²) < 4.78 is 0. The van der Waals surface area contributed by atoms with E-state index in [-0.39, 0.29) is 5.91 Å². The van der Waals surface area contributed by atoms with Crippen LogP contribution in [0.2, 0.25) is 0 Å². The van der Waals surface area contributed by atoms with E-state index in [1.807, 2.05) is 20.8 Å². The summed E-state index contributed by atoms with van der Waals surface area (Å²) in [7, 11) is 0.